The van der Waals surface area contributed by atoms with E-state index >= 15 is 0 Å². The Bertz CT molecular complexity index is 1210. The second-order valence-corrected chi connectivity index (χ2v) is 8.74. The highest BCUT2D eigenvalue weighted by atomic mass is 19.4. The summed E-state index contributed by atoms with van der Waals surface area (Å²) in [4.78, 5) is 1.15. The fraction of sp³-hybridized carbons (Fsp3) is 0.360. The Kier molecular flexibility index (Phi) is 7.60. The Labute approximate surface area is 210 Å². The molecular formula is C25H20F9NO3. The van der Waals surface area contributed by atoms with Gasteiger partial charge >= 0.3 is 18.7 Å². The Morgan fingerprint density at radius 1 is 1.05 bits per heavy atom. The molecule has 0 spiro atoms. The molecule has 1 heterocycles. The van der Waals surface area contributed by atoms with Gasteiger partial charge in [-0.1, -0.05) is 18.2 Å². The lowest BCUT2D eigenvalue weighted by Crippen LogP contribution is -2.52. The minimum atomic E-state index is -5.01. The molecule has 0 saturated heterocycles. The molecule has 0 saturated carbocycles. The highest BCUT2D eigenvalue weighted by Gasteiger charge is 2.46. The minimum Gasteiger partial charge on any atom is -0.489 e. The molecule has 1 N–H and O–H groups in total. The number of benzene rings is 2. The summed E-state index contributed by atoms with van der Waals surface area (Å²) in [5, 5.41) is 9.86. The van der Waals surface area contributed by atoms with Gasteiger partial charge in [0.2, 0.25) is 0 Å². The van der Waals surface area contributed by atoms with E-state index in [9.17, 15) is 44.6 Å². The van der Waals surface area contributed by atoms with Crippen molar-refractivity contribution in [2.24, 2.45) is 5.92 Å². The quantitative estimate of drug-likeness (QED) is 0.400. The molecule has 4 nitrogen and oxygen atoms in total. The second-order valence-electron chi connectivity index (χ2n) is 8.74. The molecule has 0 aromatic heterocycles. The van der Waals surface area contributed by atoms with Crippen LogP contribution in [0.5, 0.6) is 5.75 Å². The molecule has 206 valence electrons. The molecule has 0 fully saturated rings. The molecule has 4 rings (SSSR count). The molecular weight excluding hydrogens is 533 g/mol. The molecule has 2 aromatic carbocycles. The van der Waals surface area contributed by atoms with Crippen molar-refractivity contribution < 1.29 is 54.1 Å². The molecule has 0 bridgehead atoms. The molecule has 1 unspecified atom stereocenters. The van der Waals surface area contributed by atoms with Crippen molar-refractivity contribution in [3.63, 3.8) is 0 Å². The SMILES string of the molecule is O[C@@H](CN1c2cccc(-c3cc(F)cc(F)c3)c2OC[C@@H]1C1C=C(OC(F)(F)C(F)F)C=CC1)C(F)(F)F. The van der Waals surface area contributed by atoms with Crippen molar-refractivity contribution >= 4 is 5.69 Å². The van der Waals surface area contributed by atoms with E-state index in [2.05, 4.69) is 4.74 Å². The molecule has 13 heteroatoms. The maximum atomic E-state index is 13.9. The van der Waals surface area contributed by atoms with Crippen LogP contribution in [0.25, 0.3) is 11.1 Å². The van der Waals surface area contributed by atoms with Gasteiger partial charge in [0.25, 0.3) is 0 Å². The number of alkyl halides is 7. The average Bonchev–Trinajstić information content (AvgIpc) is 2.82. The van der Waals surface area contributed by atoms with Crippen LogP contribution in [0.4, 0.5) is 45.2 Å². The van der Waals surface area contributed by atoms with Crippen LogP contribution >= 0.6 is 0 Å². The van der Waals surface area contributed by atoms with Crippen LogP contribution in [-0.4, -0.2) is 49.1 Å². The third-order valence-corrected chi connectivity index (χ3v) is 6.09. The van der Waals surface area contributed by atoms with E-state index in [0.717, 1.165) is 29.2 Å². The summed E-state index contributed by atoms with van der Waals surface area (Å²) in [5.74, 6) is -3.28. The van der Waals surface area contributed by atoms with E-state index in [1.165, 1.54) is 24.3 Å². The normalized spacial score (nSPS) is 20.6. The maximum Gasteiger partial charge on any atom is 0.461 e. The van der Waals surface area contributed by atoms with Crippen molar-refractivity contribution in [1.82, 2.24) is 0 Å². The first kappa shape index (κ1) is 27.7. The predicted molar refractivity (Wildman–Crippen MR) is 118 cm³/mol. The van der Waals surface area contributed by atoms with Crippen molar-refractivity contribution in [1.29, 1.82) is 0 Å². The number of ether oxygens (including phenoxy) is 2. The van der Waals surface area contributed by atoms with Gasteiger partial charge in [-0.05, 0) is 42.3 Å². The molecule has 0 amide bonds. The van der Waals surface area contributed by atoms with Gasteiger partial charge in [-0.25, -0.2) is 8.78 Å². The maximum absolute atomic E-state index is 13.9. The summed E-state index contributed by atoms with van der Waals surface area (Å²) in [5.41, 5.74) is 0.236. The zero-order chi connectivity index (χ0) is 27.8. The van der Waals surface area contributed by atoms with E-state index in [1.54, 1.807) is 0 Å². The van der Waals surface area contributed by atoms with Gasteiger partial charge < -0.3 is 19.5 Å². The predicted octanol–water partition coefficient (Wildman–Crippen LogP) is 6.46. The number of rotatable bonds is 7. The van der Waals surface area contributed by atoms with Crippen LogP contribution in [0.15, 0.2) is 60.4 Å². The van der Waals surface area contributed by atoms with Crippen molar-refractivity contribution in [2.45, 2.75) is 37.3 Å². The standard InChI is InChI=1S/C25H20F9NO3/c26-15-7-14(8-16(27)10-15)18-5-2-6-19-22(18)37-12-20(35(19)11-21(36)24(30,31)32)13-3-1-4-17(9-13)38-25(33,34)23(28)29/h1-2,4-10,13,20-21,23,36H,3,11-12H2/t13?,20-,21+/m1/s1. The monoisotopic (exact) mass is 553 g/mol. The number of nitrogens with zero attached hydrogens (tertiary/aromatic N) is 1. The number of hydrogen-bond acceptors (Lipinski definition) is 4. The number of aliphatic hydroxyl groups excluding tert-OH is 1. The fourth-order valence-electron chi connectivity index (χ4n) is 4.37. The van der Waals surface area contributed by atoms with E-state index in [4.69, 9.17) is 4.74 Å². The largest absolute Gasteiger partial charge is 0.489 e. The lowest BCUT2D eigenvalue weighted by atomic mass is 9.89. The third-order valence-electron chi connectivity index (χ3n) is 6.09. The number of anilines is 1. The summed E-state index contributed by atoms with van der Waals surface area (Å²) >= 11 is 0. The topological polar surface area (TPSA) is 41.9 Å². The first-order valence-corrected chi connectivity index (χ1v) is 11.2. The van der Waals surface area contributed by atoms with Gasteiger partial charge in [0.1, 0.15) is 24.0 Å². The van der Waals surface area contributed by atoms with E-state index in [0.29, 0.717) is 6.07 Å². The summed E-state index contributed by atoms with van der Waals surface area (Å²) in [7, 11) is 0. The van der Waals surface area contributed by atoms with E-state index in [-0.39, 0.29) is 35.6 Å². The van der Waals surface area contributed by atoms with Gasteiger partial charge in [-0.2, -0.15) is 30.7 Å². The number of fused-ring (bicyclic) bond motifs is 1. The summed E-state index contributed by atoms with van der Waals surface area (Å²) in [6.45, 7) is -1.33. The zero-order valence-corrected chi connectivity index (χ0v) is 19.2. The molecule has 2 aliphatic rings. The Balaban J connectivity index is 1.74. The van der Waals surface area contributed by atoms with Gasteiger partial charge in [-0.15, -0.1) is 0 Å². The molecule has 3 atom stereocenters. The van der Waals surface area contributed by atoms with E-state index < -0.39 is 60.7 Å². The molecule has 1 aliphatic heterocycles. The van der Waals surface area contributed by atoms with Crippen molar-refractivity contribution in [3.05, 3.63) is 72.0 Å². The summed E-state index contributed by atoms with van der Waals surface area (Å²) < 4.78 is 130. The van der Waals surface area contributed by atoms with Crippen LogP contribution < -0.4 is 9.64 Å². The smallest absolute Gasteiger partial charge is 0.461 e. The second kappa shape index (κ2) is 10.4. The Hall–Kier alpha value is -3.35. The highest BCUT2D eigenvalue weighted by Crippen LogP contribution is 2.45. The van der Waals surface area contributed by atoms with Crippen molar-refractivity contribution in [3.8, 4) is 16.9 Å². The Morgan fingerprint density at radius 2 is 1.74 bits per heavy atom. The van der Waals surface area contributed by atoms with Crippen LogP contribution in [0.2, 0.25) is 0 Å². The van der Waals surface area contributed by atoms with Crippen LogP contribution in [0.3, 0.4) is 0 Å². The lowest BCUT2D eigenvalue weighted by molar-refractivity contribution is -0.280. The van der Waals surface area contributed by atoms with Crippen molar-refractivity contribution in [2.75, 3.05) is 18.1 Å². The Morgan fingerprint density at radius 3 is 2.37 bits per heavy atom. The van der Waals surface area contributed by atoms with Crippen LogP contribution in [-0.2, 0) is 4.74 Å². The van der Waals surface area contributed by atoms with Crippen LogP contribution in [0.1, 0.15) is 6.42 Å². The number of halogens is 9. The number of β-amino-alcohol motifs (C(OH)–C–C–N with tert-alkyl or cyclic N) is 1. The van der Waals surface area contributed by atoms with Crippen LogP contribution in [0, 0.1) is 17.6 Å². The lowest BCUT2D eigenvalue weighted by Gasteiger charge is -2.43. The van der Waals surface area contributed by atoms with E-state index in [1.807, 2.05) is 0 Å². The highest BCUT2D eigenvalue weighted by molar-refractivity contribution is 5.80. The first-order valence-electron chi connectivity index (χ1n) is 11.2. The van der Waals surface area contributed by atoms with Gasteiger partial charge in [0.05, 0.1) is 18.3 Å². The van der Waals surface area contributed by atoms with Gasteiger partial charge in [0.15, 0.2) is 11.9 Å². The first-order chi connectivity index (χ1) is 17.8. The summed E-state index contributed by atoms with van der Waals surface area (Å²) in [6, 6.07) is 5.87. The molecule has 1 aliphatic carbocycles. The fourth-order valence-corrected chi connectivity index (χ4v) is 4.37. The number of para-hydroxylation sites is 1. The number of hydrogen-bond donors (Lipinski definition) is 1. The zero-order valence-electron chi connectivity index (χ0n) is 19.2. The third kappa shape index (κ3) is 5.87. The van der Waals surface area contributed by atoms with Gasteiger partial charge in [0, 0.05) is 17.5 Å². The average molecular weight is 553 g/mol. The summed E-state index contributed by atoms with van der Waals surface area (Å²) in [6.07, 6.45) is -13.2. The number of aliphatic hydroxyl groups is 1. The number of allylic oxidation sites excluding steroid dienone is 2. The minimum absolute atomic E-state index is 0.0147. The molecule has 38 heavy (non-hydrogen) atoms. The molecule has 2 aromatic rings. The molecule has 0 radical (unpaired) electrons. The van der Waals surface area contributed by atoms with Gasteiger partial charge in [-0.3, -0.25) is 0 Å².